The molecule has 9 nitrogen and oxygen atoms in total. The molecule has 5 heterocycles. The number of rotatable bonds is 8. The molecule has 2 aliphatic heterocycles. The minimum atomic E-state index is -4.65. The first-order valence-corrected chi connectivity index (χ1v) is 15.0. The summed E-state index contributed by atoms with van der Waals surface area (Å²) in [6.07, 6.45) is 4.80. The fraction of sp³-hybridized carbons (Fsp3) is 0.333. The molecule has 0 atom stereocenters. The number of aryl methyl sites for hydroxylation is 2. The Hall–Kier alpha value is -4.55. The van der Waals surface area contributed by atoms with Crippen LogP contribution in [0.25, 0.3) is 22.0 Å². The van der Waals surface area contributed by atoms with Crippen LogP contribution >= 0.6 is 0 Å². The van der Waals surface area contributed by atoms with Gasteiger partial charge in [0.2, 0.25) is 0 Å². The Morgan fingerprint density at radius 2 is 1.89 bits per heavy atom. The summed E-state index contributed by atoms with van der Waals surface area (Å²) in [5, 5.41) is 7.81. The highest BCUT2D eigenvalue weighted by Gasteiger charge is 2.39. The van der Waals surface area contributed by atoms with Crippen molar-refractivity contribution in [2.75, 3.05) is 24.5 Å². The Labute approximate surface area is 257 Å². The van der Waals surface area contributed by atoms with Gasteiger partial charge in [0, 0.05) is 80.1 Å². The number of ether oxygens (including phenoxy) is 1. The van der Waals surface area contributed by atoms with Gasteiger partial charge >= 0.3 is 6.18 Å². The van der Waals surface area contributed by atoms with Crippen molar-refractivity contribution in [2.24, 2.45) is 7.05 Å². The van der Waals surface area contributed by atoms with Crippen molar-refractivity contribution in [1.82, 2.24) is 29.6 Å². The minimum absolute atomic E-state index is 0.0387. The highest BCUT2D eigenvalue weighted by Crippen LogP contribution is 2.41. The van der Waals surface area contributed by atoms with Crippen molar-refractivity contribution in [3.8, 4) is 11.1 Å². The summed E-state index contributed by atoms with van der Waals surface area (Å²) >= 11 is 0. The van der Waals surface area contributed by atoms with Gasteiger partial charge in [-0.05, 0) is 59.4 Å². The third-order valence-corrected chi connectivity index (χ3v) is 8.56. The van der Waals surface area contributed by atoms with E-state index >= 15 is 0 Å². The monoisotopic (exact) mass is 615 g/mol. The first kappa shape index (κ1) is 29.2. The molecule has 1 N–H and O–H groups in total. The zero-order valence-electron chi connectivity index (χ0n) is 24.9. The van der Waals surface area contributed by atoms with E-state index in [1.54, 1.807) is 42.0 Å². The van der Waals surface area contributed by atoms with Crippen LogP contribution in [0.2, 0.25) is 0 Å². The molecule has 2 aromatic carbocycles. The topological polar surface area (TPSA) is 90.1 Å². The van der Waals surface area contributed by atoms with Crippen LogP contribution in [0.15, 0.2) is 61.4 Å². The molecule has 0 bridgehead atoms. The van der Waals surface area contributed by atoms with E-state index in [-0.39, 0.29) is 17.6 Å². The molecule has 45 heavy (non-hydrogen) atoms. The first-order chi connectivity index (χ1) is 21.7. The van der Waals surface area contributed by atoms with Crippen molar-refractivity contribution in [2.45, 2.75) is 45.2 Å². The molecule has 7 rings (SSSR count). The molecule has 3 aromatic heterocycles. The molecular weight excluding hydrogens is 583 g/mol. The molecule has 2 aliphatic rings. The summed E-state index contributed by atoms with van der Waals surface area (Å²) in [6.45, 7) is 4.78. The van der Waals surface area contributed by atoms with Gasteiger partial charge in [-0.25, -0.2) is 4.98 Å². The number of carbonyl (C=O) groups is 1. The van der Waals surface area contributed by atoms with Gasteiger partial charge in [-0.2, -0.15) is 18.3 Å². The van der Waals surface area contributed by atoms with Crippen LogP contribution in [0.4, 0.5) is 18.9 Å². The maximum Gasteiger partial charge on any atom is 0.435 e. The summed E-state index contributed by atoms with van der Waals surface area (Å²) in [5.41, 5.74) is 4.57. The number of hydrogen-bond acceptors (Lipinski definition) is 6. The molecule has 0 spiro atoms. The van der Waals surface area contributed by atoms with Crippen molar-refractivity contribution in [1.29, 1.82) is 0 Å². The lowest BCUT2D eigenvalue weighted by molar-refractivity contribution is -0.140. The van der Waals surface area contributed by atoms with Gasteiger partial charge in [0.1, 0.15) is 0 Å². The van der Waals surface area contributed by atoms with E-state index < -0.39 is 11.9 Å². The van der Waals surface area contributed by atoms with E-state index in [9.17, 15) is 18.0 Å². The number of nitrogens with zero attached hydrogens (tertiary/aromatic N) is 6. The average molecular weight is 616 g/mol. The Bertz CT molecular complexity index is 1890. The van der Waals surface area contributed by atoms with Crippen LogP contribution in [-0.2, 0) is 44.0 Å². The van der Waals surface area contributed by atoms with Crippen LogP contribution < -0.4 is 10.2 Å². The lowest BCUT2D eigenvalue weighted by Crippen LogP contribution is -2.48. The number of aromatic nitrogens is 5. The number of fused-ring (bicyclic) bond motifs is 2. The van der Waals surface area contributed by atoms with Gasteiger partial charge in [0.25, 0.3) is 5.91 Å². The van der Waals surface area contributed by atoms with E-state index in [1.165, 1.54) is 17.9 Å². The third-order valence-electron chi connectivity index (χ3n) is 8.56. The minimum Gasteiger partial charge on any atom is -0.371 e. The normalized spacial score (nSPS) is 15.5. The number of alkyl halides is 3. The van der Waals surface area contributed by atoms with E-state index in [0.717, 1.165) is 47.2 Å². The zero-order valence-corrected chi connectivity index (χ0v) is 24.9. The molecule has 5 aromatic rings. The van der Waals surface area contributed by atoms with Crippen LogP contribution in [0.1, 0.15) is 45.2 Å². The highest BCUT2D eigenvalue weighted by molar-refractivity contribution is 6.13. The third kappa shape index (κ3) is 5.48. The molecule has 1 saturated heterocycles. The second-order valence-corrected chi connectivity index (χ2v) is 11.6. The van der Waals surface area contributed by atoms with Gasteiger partial charge < -0.3 is 19.5 Å². The molecule has 1 fully saturated rings. The molecule has 0 unspecified atom stereocenters. The number of hydrogen-bond donors (Lipinski definition) is 1. The molecule has 0 radical (unpaired) electrons. The quantitative estimate of drug-likeness (QED) is 0.260. The van der Waals surface area contributed by atoms with Crippen LogP contribution in [0.3, 0.4) is 0 Å². The second kappa shape index (κ2) is 11.4. The summed E-state index contributed by atoms with van der Waals surface area (Å²) < 4.78 is 51.5. The van der Waals surface area contributed by atoms with E-state index in [4.69, 9.17) is 4.74 Å². The van der Waals surface area contributed by atoms with Gasteiger partial charge in [-0.15, -0.1) is 0 Å². The van der Waals surface area contributed by atoms with Crippen molar-refractivity contribution in [3.63, 3.8) is 0 Å². The fourth-order valence-electron chi connectivity index (χ4n) is 6.23. The Kier molecular flexibility index (Phi) is 7.41. The Balaban J connectivity index is 1.34. The van der Waals surface area contributed by atoms with E-state index in [1.807, 2.05) is 10.6 Å². The number of carbonyl (C=O) groups excluding carboxylic acids is 1. The number of amides is 1. The van der Waals surface area contributed by atoms with Crippen LogP contribution in [0, 0.1) is 0 Å². The highest BCUT2D eigenvalue weighted by atomic mass is 19.4. The van der Waals surface area contributed by atoms with Gasteiger partial charge in [0.05, 0.1) is 30.2 Å². The van der Waals surface area contributed by atoms with Crippen molar-refractivity contribution >= 4 is 22.5 Å². The number of nitrogens with one attached hydrogen (secondary N) is 1. The SMILES string of the molecule is CCc1cc(COC2CNC2)c2nccc(N3CCc4c(cc(Cn5ccnc5)cc4-c4cn(C)nc4C(F)(F)F)C3=O)c2c1. The van der Waals surface area contributed by atoms with Crippen molar-refractivity contribution < 1.29 is 22.7 Å². The summed E-state index contributed by atoms with van der Waals surface area (Å²) in [7, 11) is 1.47. The number of imidazole rings is 1. The lowest BCUT2D eigenvalue weighted by atomic mass is 9.87. The number of anilines is 1. The van der Waals surface area contributed by atoms with Gasteiger partial charge in [-0.1, -0.05) is 13.0 Å². The summed E-state index contributed by atoms with van der Waals surface area (Å²) in [4.78, 5) is 24.9. The summed E-state index contributed by atoms with van der Waals surface area (Å²) in [6, 6.07) is 9.56. The van der Waals surface area contributed by atoms with Gasteiger partial charge in [-0.3, -0.25) is 14.5 Å². The first-order valence-electron chi connectivity index (χ1n) is 15.0. The van der Waals surface area contributed by atoms with E-state index in [2.05, 4.69) is 39.4 Å². The number of halogens is 3. The standard InChI is InChI=1S/C33H32F3N7O2/c1-3-20-10-22(18-45-23-14-38-15-23)30-27(11-20)29(4-6-39-30)43-8-5-24-25(28-17-41(2)40-31(28)33(34,35)36)12-21(13-26(24)32(43)44)16-42-9-7-37-19-42/h4,6-7,9-13,17,19,23,38H,3,5,8,14-16,18H2,1-2H3. The predicted molar refractivity (Wildman–Crippen MR) is 163 cm³/mol. The maximum atomic E-state index is 14.4. The maximum absolute atomic E-state index is 14.4. The molecular formula is C33H32F3N7O2. The Morgan fingerprint density at radius 3 is 2.60 bits per heavy atom. The van der Waals surface area contributed by atoms with Crippen LogP contribution in [-0.4, -0.2) is 56.0 Å². The van der Waals surface area contributed by atoms with Crippen molar-refractivity contribution in [3.05, 3.63) is 95.0 Å². The predicted octanol–water partition coefficient (Wildman–Crippen LogP) is 5.15. The van der Waals surface area contributed by atoms with E-state index in [0.29, 0.717) is 48.4 Å². The molecule has 1 amide bonds. The fourth-order valence-corrected chi connectivity index (χ4v) is 6.23. The average Bonchev–Trinajstić information content (AvgIpc) is 3.65. The number of benzene rings is 2. The second-order valence-electron chi connectivity index (χ2n) is 11.6. The molecule has 0 aliphatic carbocycles. The Morgan fingerprint density at radius 1 is 1.07 bits per heavy atom. The summed E-state index contributed by atoms with van der Waals surface area (Å²) in [5.74, 6) is -0.268. The molecule has 232 valence electrons. The largest absolute Gasteiger partial charge is 0.435 e. The smallest absolute Gasteiger partial charge is 0.371 e. The molecule has 0 saturated carbocycles. The molecule has 12 heteroatoms. The zero-order chi connectivity index (χ0) is 31.3. The lowest BCUT2D eigenvalue weighted by Gasteiger charge is -2.31. The number of pyridine rings is 1. The van der Waals surface area contributed by atoms with Crippen LogP contribution in [0.5, 0.6) is 0 Å². The van der Waals surface area contributed by atoms with Gasteiger partial charge in [0.15, 0.2) is 5.69 Å².